The molecule has 1 heterocycles. The van der Waals surface area contributed by atoms with Gasteiger partial charge in [0.15, 0.2) is 0 Å². The van der Waals surface area contributed by atoms with Crippen LogP contribution in [0.25, 0.3) is 0 Å². The molecular weight excluding hydrogens is 291 g/mol. The Balaban J connectivity index is 1.93. The van der Waals surface area contributed by atoms with Crippen LogP contribution in [0.15, 0.2) is 18.2 Å². The van der Waals surface area contributed by atoms with Gasteiger partial charge in [0.2, 0.25) is 0 Å². The van der Waals surface area contributed by atoms with Crippen LogP contribution in [0.4, 0.5) is 0 Å². The number of benzene rings is 1. The highest BCUT2D eigenvalue weighted by Crippen LogP contribution is 2.42. The largest absolute Gasteiger partial charge is 0.329 e. The number of piperidine rings is 1. The van der Waals surface area contributed by atoms with Gasteiger partial charge in [0.05, 0.1) is 6.04 Å². The van der Waals surface area contributed by atoms with Gasteiger partial charge in [0.1, 0.15) is 0 Å². The molecule has 0 spiro atoms. The zero-order valence-corrected chi connectivity index (χ0v) is 13.2. The van der Waals surface area contributed by atoms with Gasteiger partial charge in [-0.25, -0.2) is 0 Å². The molecule has 0 radical (unpaired) electrons. The smallest absolute Gasteiger partial charge is 0.0503 e. The van der Waals surface area contributed by atoms with Crippen molar-refractivity contribution in [3.63, 3.8) is 0 Å². The van der Waals surface area contributed by atoms with Gasteiger partial charge in [-0.15, -0.1) is 0 Å². The number of nitrogens with two attached hydrogens (primary N) is 1. The Hall–Kier alpha value is -0.280. The molecule has 0 amide bonds. The van der Waals surface area contributed by atoms with Gasteiger partial charge in [-0.2, -0.15) is 0 Å². The lowest BCUT2D eigenvalue weighted by Crippen LogP contribution is -2.46. The monoisotopic (exact) mass is 312 g/mol. The van der Waals surface area contributed by atoms with E-state index in [1.54, 1.807) is 0 Å². The number of hydrogen-bond acceptors (Lipinski definition) is 2. The highest BCUT2D eigenvalue weighted by atomic mass is 35.5. The molecular formula is C16H22Cl2N2. The number of halogens is 2. The normalized spacial score (nSPS) is 28.4. The summed E-state index contributed by atoms with van der Waals surface area (Å²) in [5.41, 5.74) is 7.12. The summed E-state index contributed by atoms with van der Waals surface area (Å²) < 4.78 is 0. The summed E-state index contributed by atoms with van der Waals surface area (Å²) in [5.74, 6) is 0.846. The van der Waals surface area contributed by atoms with Gasteiger partial charge in [-0.05, 0) is 50.3 Å². The predicted molar refractivity (Wildman–Crippen MR) is 85.3 cm³/mol. The van der Waals surface area contributed by atoms with Crippen LogP contribution in [-0.2, 0) is 0 Å². The van der Waals surface area contributed by atoms with Crippen molar-refractivity contribution >= 4 is 23.2 Å². The molecule has 3 rings (SSSR count). The van der Waals surface area contributed by atoms with E-state index in [0.29, 0.717) is 12.6 Å². The molecule has 1 saturated carbocycles. The lowest BCUT2D eigenvalue weighted by Gasteiger charge is -2.43. The van der Waals surface area contributed by atoms with Gasteiger partial charge in [0, 0.05) is 28.2 Å². The highest BCUT2D eigenvalue weighted by Gasteiger charge is 2.39. The average Bonchev–Trinajstić information content (AvgIpc) is 2.91. The van der Waals surface area contributed by atoms with E-state index in [4.69, 9.17) is 28.9 Å². The van der Waals surface area contributed by atoms with Crippen molar-refractivity contribution in [2.75, 3.05) is 13.1 Å². The maximum atomic E-state index is 6.40. The van der Waals surface area contributed by atoms with E-state index in [0.717, 1.165) is 28.1 Å². The highest BCUT2D eigenvalue weighted by molar-refractivity contribution is 6.36. The maximum Gasteiger partial charge on any atom is 0.0503 e. The second-order valence-corrected chi connectivity index (χ2v) is 6.84. The van der Waals surface area contributed by atoms with Crippen LogP contribution in [0.2, 0.25) is 10.0 Å². The van der Waals surface area contributed by atoms with Crippen molar-refractivity contribution in [1.82, 2.24) is 4.90 Å². The predicted octanol–water partition coefficient (Wildman–Crippen LogP) is 4.26. The summed E-state index contributed by atoms with van der Waals surface area (Å²) in [6, 6.07) is 6.56. The van der Waals surface area contributed by atoms with Crippen molar-refractivity contribution in [2.45, 2.75) is 44.2 Å². The fourth-order valence-corrected chi connectivity index (χ4v) is 4.78. The van der Waals surface area contributed by atoms with Crippen LogP contribution < -0.4 is 5.73 Å². The molecule has 110 valence electrons. The van der Waals surface area contributed by atoms with Gasteiger partial charge in [0.25, 0.3) is 0 Å². The van der Waals surface area contributed by atoms with Gasteiger partial charge >= 0.3 is 0 Å². The molecule has 1 aromatic carbocycles. The topological polar surface area (TPSA) is 29.3 Å². The van der Waals surface area contributed by atoms with Crippen LogP contribution in [0.5, 0.6) is 0 Å². The lowest BCUT2D eigenvalue weighted by atomic mass is 9.89. The molecule has 0 aromatic heterocycles. The van der Waals surface area contributed by atoms with Crippen LogP contribution in [0, 0.1) is 5.92 Å². The molecule has 2 fully saturated rings. The Morgan fingerprint density at radius 1 is 1.15 bits per heavy atom. The van der Waals surface area contributed by atoms with Crippen molar-refractivity contribution in [3.8, 4) is 0 Å². The minimum atomic E-state index is 0.155. The molecule has 2 N–H and O–H groups in total. The number of rotatable bonds is 3. The summed E-state index contributed by atoms with van der Waals surface area (Å²) in [5, 5.41) is 1.49. The SMILES string of the molecule is NCC(c1c(Cl)cccc1Cl)N1CCCC2CCCC21. The third-order valence-electron chi connectivity index (χ3n) is 4.99. The Morgan fingerprint density at radius 2 is 1.85 bits per heavy atom. The maximum absolute atomic E-state index is 6.40. The minimum Gasteiger partial charge on any atom is -0.329 e. The second-order valence-electron chi connectivity index (χ2n) is 6.03. The fraction of sp³-hybridized carbons (Fsp3) is 0.625. The molecule has 3 unspecified atom stereocenters. The van der Waals surface area contributed by atoms with Crippen LogP contribution in [-0.4, -0.2) is 24.0 Å². The fourth-order valence-electron chi connectivity index (χ4n) is 4.13. The Morgan fingerprint density at radius 3 is 2.55 bits per heavy atom. The number of likely N-dealkylation sites (tertiary alicyclic amines) is 1. The molecule has 2 nitrogen and oxygen atoms in total. The number of nitrogens with zero attached hydrogens (tertiary/aromatic N) is 1. The summed E-state index contributed by atoms with van der Waals surface area (Å²) in [6.45, 7) is 1.69. The Labute approximate surface area is 131 Å². The third kappa shape index (κ3) is 2.59. The average molecular weight is 313 g/mol. The van der Waals surface area contributed by atoms with E-state index in [1.807, 2.05) is 18.2 Å². The van der Waals surface area contributed by atoms with E-state index in [-0.39, 0.29) is 6.04 Å². The van der Waals surface area contributed by atoms with E-state index in [2.05, 4.69) is 4.90 Å². The molecule has 1 aromatic rings. The van der Waals surface area contributed by atoms with Crippen LogP contribution in [0.3, 0.4) is 0 Å². The zero-order chi connectivity index (χ0) is 14.1. The standard InChI is InChI=1S/C16H22Cl2N2/c17-12-6-2-7-13(18)16(12)15(10-19)20-9-3-5-11-4-1-8-14(11)20/h2,6-7,11,14-15H,1,3-5,8-10,19H2. The summed E-state index contributed by atoms with van der Waals surface area (Å²) in [6.07, 6.45) is 6.64. The zero-order valence-electron chi connectivity index (χ0n) is 11.7. The first-order chi connectivity index (χ1) is 9.72. The summed E-state index contributed by atoms with van der Waals surface area (Å²) >= 11 is 12.8. The molecule has 1 aliphatic carbocycles. The van der Waals surface area contributed by atoms with Crippen molar-refractivity contribution in [1.29, 1.82) is 0 Å². The lowest BCUT2D eigenvalue weighted by molar-refractivity contribution is 0.0702. The summed E-state index contributed by atoms with van der Waals surface area (Å²) in [4.78, 5) is 2.58. The Kier molecular flexibility index (Phi) is 4.56. The van der Waals surface area contributed by atoms with Gasteiger partial charge in [-0.1, -0.05) is 35.7 Å². The first-order valence-electron chi connectivity index (χ1n) is 7.62. The Bertz CT molecular complexity index is 457. The van der Waals surface area contributed by atoms with Crippen molar-refractivity contribution < 1.29 is 0 Å². The molecule has 0 bridgehead atoms. The van der Waals surface area contributed by atoms with E-state index in [1.165, 1.54) is 32.1 Å². The van der Waals surface area contributed by atoms with E-state index >= 15 is 0 Å². The van der Waals surface area contributed by atoms with Crippen molar-refractivity contribution in [2.24, 2.45) is 11.7 Å². The molecule has 4 heteroatoms. The molecule has 3 atom stereocenters. The van der Waals surface area contributed by atoms with Gasteiger partial charge < -0.3 is 5.73 Å². The molecule has 20 heavy (non-hydrogen) atoms. The summed E-state index contributed by atoms with van der Waals surface area (Å²) in [7, 11) is 0. The quantitative estimate of drug-likeness (QED) is 0.903. The third-order valence-corrected chi connectivity index (χ3v) is 5.65. The first kappa shape index (κ1) is 14.6. The van der Waals surface area contributed by atoms with Crippen LogP contribution >= 0.6 is 23.2 Å². The first-order valence-corrected chi connectivity index (χ1v) is 8.37. The van der Waals surface area contributed by atoms with E-state index < -0.39 is 0 Å². The minimum absolute atomic E-state index is 0.155. The van der Waals surface area contributed by atoms with Crippen molar-refractivity contribution in [3.05, 3.63) is 33.8 Å². The second kappa shape index (κ2) is 6.23. The number of fused-ring (bicyclic) bond motifs is 1. The number of hydrogen-bond donors (Lipinski definition) is 1. The molecule has 1 aliphatic heterocycles. The van der Waals surface area contributed by atoms with Crippen LogP contribution in [0.1, 0.15) is 43.7 Å². The molecule has 2 aliphatic rings. The van der Waals surface area contributed by atoms with E-state index in [9.17, 15) is 0 Å². The molecule has 1 saturated heterocycles. The van der Waals surface area contributed by atoms with Gasteiger partial charge in [-0.3, -0.25) is 4.90 Å².